The molecule has 4 nitrogen and oxygen atoms in total. The molecule has 1 aromatic carbocycles. The SMILES string of the molecule is CC(C)CN(CC(C)C)C(=O)C(=O)NCc1ccc(F)cc1. The number of carbonyl (C=O) groups excluding carboxylic acids is 2. The topological polar surface area (TPSA) is 49.4 Å². The molecule has 0 aliphatic carbocycles. The van der Waals surface area contributed by atoms with Crippen molar-refractivity contribution in [3.8, 4) is 0 Å². The molecule has 1 N–H and O–H groups in total. The zero-order valence-corrected chi connectivity index (χ0v) is 13.7. The first-order chi connectivity index (χ1) is 10.3. The minimum atomic E-state index is -0.620. The summed E-state index contributed by atoms with van der Waals surface area (Å²) in [4.78, 5) is 25.8. The van der Waals surface area contributed by atoms with Gasteiger partial charge in [-0.25, -0.2) is 4.39 Å². The highest BCUT2D eigenvalue weighted by atomic mass is 19.1. The fourth-order valence-electron chi connectivity index (χ4n) is 2.13. The van der Waals surface area contributed by atoms with Crippen molar-refractivity contribution in [2.45, 2.75) is 34.2 Å². The van der Waals surface area contributed by atoms with Crippen molar-refractivity contribution in [1.82, 2.24) is 10.2 Å². The minimum absolute atomic E-state index is 0.210. The third-order valence-electron chi connectivity index (χ3n) is 3.02. The molecule has 1 rings (SSSR count). The van der Waals surface area contributed by atoms with E-state index in [1.54, 1.807) is 17.0 Å². The van der Waals surface area contributed by atoms with Gasteiger partial charge in [0, 0.05) is 19.6 Å². The van der Waals surface area contributed by atoms with Gasteiger partial charge in [0.2, 0.25) is 0 Å². The summed E-state index contributed by atoms with van der Waals surface area (Å²) in [6.45, 7) is 9.37. The van der Waals surface area contributed by atoms with Gasteiger partial charge in [-0.15, -0.1) is 0 Å². The molecule has 0 aromatic heterocycles. The van der Waals surface area contributed by atoms with E-state index in [0.29, 0.717) is 24.9 Å². The van der Waals surface area contributed by atoms with E-state index in [1.807, 2.05) is 27.7 Å². The van der Waals surface area contributed by atoms with Crippen LogP contribution in [-0.2, 0) is 16.1 Å². The van der Waals surface area contributed by atoms with Crippen molar-refractivity contribution >= 4 is 11.8 Å². The summed E-state index contributed by atoms with van der Waals surface area (Å²) >= 11 is 0. The lowest BCUT2D eigenvalue weighted by molar-refractivity contribution is -0.146. The maximum absolute atomic E-state index is 12.8. The van der Waals surface area contributed by atoms with Crippen LogP contribution < -0.4 is 5.32 Å². The first kappa shape index (κ1) is 18.1. The van der Waals surface area contributed by atoms with Gasteiger partial charge < -0.3 is 10.2 Å². The summed E-state index contributed by atoms with van der Waals surface area (Å²) in [7, 11) is 0. The van der Waals surface area contributed by atoms with Crippen molar-refractivity contribution in [1.29, 1.82) is 0 Å². The molecule has 1 aromatic rings. The van der Waals surface area contributed by atoms with Gasteiger partial charge in [0.05, 0.1) is 0 Å². The van der Waals surface area contributed by atoms with Crippen LogP contribution in [0.3, 0.4) is 0 Å². The quantitative estimate of drug-likeness (QED) is 0.821. The van der Waals surface area contributed by atoms with Crippen LogP contribution >= 0.6 is 0 Å². The first-order valence-electron chi connectivity index (χ1n) is 7.61. The van der Waals surface area contributed by atoms with E-state index in [4.69, 9.17) is 0 Å². The molecular formula is C17H25FN2O2. The van der Waals surface area contributed by atoms with Crippen LogP contribution in [0.25, 0.3) is 0 Å². The highest BCUT2D eigenvalue weighted by molar-refractivity contribution is 6.34. The second kappa shape index (κ2) is 8.51. The molecule has 0 saturated heterocycles. The van der Waals surface area contributed by atoms with E-state index in [0.717, 1.165) is 5.56 Å². The Kier molecular flexibility index (Phi) is 7.02. The average Bonchev–Trinajstić information content (AvgIpc) is 2.44. The molecule has 0 atom stereocenters. The molecule has 0 aliphatic heterocycles. The molecule has 0 radical (unpaired) electrons. The van der Waals surface area contributed by atoms with E-state index in [2.05, 4.69) is 5.32 Å². The Morgan fingerprint density at radius 2 is 1.55 bits per heavy atom. The number of hydrogen-bond donors (Lipinski definition) is 1. The summed E-state index contributed by atoms with van der Waals surface area (Å²) in [6, 6.07) is 5.82. The standard InChI is InChI=1S/C17H25FN2O2/c1-12(2)10-20(11-13(3)4)17(22)16(21)19-9-14-5-7-15(18)8-6-14/h5-8,12-13H,9-11H2,1-4H3,(H,19,21). The monoisotopic (exact) mass is 308 g/mol. The van der Waals surface area contributed by atoms with Crippen LogP contribution in [0, 0.1) is 17.7 Å². The maximum Gasteiger partial charge on any atom is 0.311 e. The van der Waals surface area contributed by atoms with Crippen LogP contribution in [0.1, 0.15) is 33.3 Å². The van der Waals surface area contributed by atoms with Gasteiger partial charge in [-0.3, -0.25) is 9.59 Å². The Morgan fingerprint density at radius 3 is 2.00 bits per heavy atom. The van der Waals surface area contributed by atoms with Gasteiger partial charge in [0.1, 0.15) is 5.82 Å². The number of nitrogens with zero attached hydrogens (tertiary/aromatic N) is 1. The highest BCUT2D eigenvalue weighted by Gasteiger charge is 2.22. The molecule has 0 unspecified atom stereocenters. The van der Waals surface area contributed by atoms with E-state index in [9.17, 15) is 14.0 Å². The molecule has 0 fully saturated rings. The van der Waals surface area contributed by atoms with Gasteiger partial charge in [0.25, 0.3) is 0 Å². The summed E-state index contributed by atoms with van der Waals surface area (Å²) in [5.74, 6) is -0.860. The lowest BCUT2D eigenvalue weighted by atomic mass is 10.1. The predicted octanol–water partition coefficient (Wildman–Crippen LogP) is 2.58. The Hall–Kier alpha value is -1.91. The highest BCUT2D eigenvalue weighted by Crippen LogP contribution is 2.05. The van der Waals surface area contributed by atoms with Crippen molar-refractivity contribution < 1.29 is 14.0 Å². The van der Waals surface area contributed by atoms with Crippen LogP contribution in [-0.4, -0.2) is 29.8 Å². The van der Waals surface area contributed by atoms with Crippen LogP contribution in [0.2, 0.25) is 0 Å². The summed E-state index contributed by atoms with van der Waals surface area (Å²) < 4.78 is 12.8. The normalized spacial score (nSPS) is 10.9. The van der Waals surface area contributed by atoms with E-state index in [1.165, 1.54) is 12.1 Å². The number of amides is 2. The molecule has 0 saturated carbocycles. The third-order valence-corrected chi connectivity index (χ3v) is 3.02. The number of nitrogens with one attached hydrogen (secondary N) is 1. The zero-order valence-electron chi connectivity index (χ0n) is 13.7. The lowest BCUT2D eigenvalue weighted by Crippen LogP contribution is -2.45. The second-order valence-electron chi connectivity index (χ2n) is 6.31. The molecule has 0 spiro atoms. The Balaban J connectivity index is 2.60. The van der Waals surface area contributed by atoms with Gasteiger partial charge in [-0.05, 0) is 29.5 Å². The van der Waals surface area contributed by atoms with E-state index >= 15 is 0 Å². The van der Waals surface area contributed by atoms with Crippen molar-refractivity contribution in [2.24, 2.45) is 11.8 Å². The van der Waals surface area contributed by atoms with Crippen molar-refractivity contribution in [2.75, 3.05) is 13.1 Å². The van der Waals surface area contributed by atoms with E-state index < -0.39 is 11.8 Å². The molecule has 22 heavy (non-hydrogen) atoms. The average molecular weight is 308 g/mol. The molecular weight excluding hydrogens is 283 g/mol. The molecule has 0 bridgehead atoms. The van der Waals surface area contributed by atoms with Crippen LogP contribution in [0.15, 0.2) is 24.3 Å². The number of benzene rings is 1. The number of rotatable bonds is 6. The summed E-state index contributed by atoms with van der Waals surface area (Å²) in [5.41, 5.74) is 0.752. The Labute approximate surface area is 131 Å². The van der Waals surface area contributed by atoms with Gasteiger partial charge in [-0.2, -0.15) is 0 Å². The Morgan fingerprint density at radius 1 is 1.05 bits per heavy atom. The number of carbonyl (C=O) groups is 2. The summed E-state index contributed by atoms with van der Waals surface area (Å²) in [5, 5.41) is 2.59. The first-order valence-corrected chi connectivity index (χ1v) is 7.61. The third kappa shape index (κ3) is 6.24. The van der Waals surface area contributed by atoms with Crippen LogP contribution in [0.4, 0.5) is 4.39 Å². The fourth-order valence-corrected chi connectivity index (χ4v) is 2.13. The van der Waals surface area contributed by atoms with E-state index in [-0.39, 0.29) is 12.4 Å². The largest absolute Gasteiger partial charge is 0.344 e. The number of hydrogen-bond acceptors (Lipinski definition) is 2. The maximum atomic E-state index is 12.8. The zero-order chi connectivity index (χ0) is 16.7. The smallest absolute Gasteiger partial charge is 0.311 e. The molecule has 122 valence electrons. The molecule has 0 heterocycles. The molecule has 0 aliphatic rings. The Bertz CT molecular complexity index is 488. The lowest BCUT2D eigenvalue weighted by Gasteiger charge is -2.25. The van der Waals surface area contributed by atoms with Gasteiger partial charge in [-0.1, -0.05) is 39.8 Å². The number of halogens is 1. The predicted molar refractivity (Wildman–Crippen MR) is 84.5 cm³/mol. The second-order valence-corrected chi connectivity index (χ2v) is 6.31. The molecule has 5 heteroatoms. The molecule has 2 amide bonds. The summed E-state index contributed by atoms with van der Waals surface area (Å²) in [6.07, 6.45) is 0. The van der Waals surface area contributed by atoms with Gasteiger partial charge >= 0.3 is 11.8 Å². The van der Waals surface area contributed by atoms with Gasteiger partial charge in [0.15, 0.2) is 0 Å². The van der Waals surface area contributed by atoms with Crippen LogP contribution in [0.5, 0.6) is 0 Å². The fraction of sp³-hybridized carbons (Fsp3) is 0.529. The van der Waals surface area contributed by atoms with Crippen molar-refractivity contribution in [3.05, 3.63) is 35.6 Å². The van der Waals surface area contributed by atoms with Crippen molar-refractivity contribution in [3.63, 3.8) is 0 Å². The minimum Gasteiger partial charge on any atom is -0.344 e.